The molecule has 0 saturated carbocycles. The van der Waals surface area contributed by atoms with E-state index in [1.54, 1.807) is 18.7 Å². The zero-order valence-corrected chi connectivity index (χ0v) is 11.3. The minimum atomic E-state index is 0.474. The van der Waals surface area contributed by atoms with Gasteiger partial charge in [-0.3, -0.25) is 0 Å². The van der Waals surface area contributed by atoms with E-state index in [0.717, 1.165) is 11.3 Å². The number of rotatable bonds is 4. The Hall–Kier alpha value is -2.32. The number of ether oxygens (including phenoxy) is 1. The predicted molar refractivity (Wildman–Crippen MR) is 71.9 cm³/mol. The van der Waals surface area contributed by atoms with Crippen LogP contribution in [0.25, 0.3) is 0 Å². The maximum Gasteiger partial charge on any atom is 0.235 e. The average molecular weight is 256 g/mol. The zero-order valence-electron chi connectivity index (χ0n) is 11.3. The summed E-state index contributed by atoms with van der Waals surface area (Å²) >= 11 is 0. The van der Waals surface area contributed by atoms with E-state index < -0.39 is 0 Å². The fourth-order valence-corrected chi connectivity index (χ4v) is 1.93. The number of nitriles is 1. The van der Waals surface area contributed by atoms with Crippen LogP contribution in [0.4, 0.5) is 0 Å². The fourth-order valence-electron chi connectivity index (χ4n) is 1.93. The second-order valence-electron chi connectivity index (χ2n) is 4.24. The van der Waals surface area contributed by atoms with E-state index in [1.165, 1.54) is 0 Å². The van der Waals surface area contributed by atoms with Crippen LogP contribution in [0.5, 0.6) is 11.6 Å². The molecule has 1 aromatic carbocycles. The molecule has 98 valence electrons. The second-order valence-corrected chi connectivity index (χ2v) is 4.24. The Morgan fingerprint density at radius 2 is 2.16 bits per heavy atom. The Balaban J connectivity index is 2.39. The van der Waals surface area contributed by atoms with Crippen molar-refractivity contribution < 1.29 is 4.74 Å². The highest BCUT2D eigenvalue weighted by atomic mass is 16.5. The molecule has 5 nitrogen and oxygen atoms in total. The SMILES string of the molecule is CNCc1ccccc1Oc1c(C#N)c(C)nn1C. The number of nitrogens with zero attached hydrogens (tertiary/aromatic N) is 3. The van der Waals surface area contributed by atoms with E-state index in [4.69, 9.17) is 10.00 Å². The van der Waals surface area contributed by atoms with Crippen LogP contribution in [0.3, 0.4) is 0 Å². The number of hydrogen-bond acceptors (Lipinski definition) is 4. The first kappa shape index (κ1) is 13.1. The lowest BCUT2D eigenvalue weighted by molar-refractivity contribution is 0.423. The summed E-state index contributed by atoms with van der Waals surface area (Å²) in [5.41, 5.74) is 2.18. The summed E-state index contributed by atoms with van der Waals surface area (Å²) in [6.07, 6.45) is 0. The van der Waals surface area contributed by atoms with Crippen molar-refractivity contribution in [3.63, 3.8) is 0 Å². The highest BCUT2D eigenvalue weighted by Crippen LogP contribution is 2.28. The molecule has 0 aliphatic heterocycles. The second kappa shape index (κ2) is 5.55. The van der Waals surface area contributed by atoms with E-state index in [9.17, 15) is 0 Å². The van der Waals surface area contributed by atoms with Crippen molar-refractivity contribution in [2.75, 3.05) is 7.05 Å². The van der Waals surface area contributed by atoms with Gasteiger partial charge in [-0.2, -0.15) is 10.4 Å². The van der Waals surface area contributed by atoms with Crippen molar-refractivity contribution in [1.82, 2.24) is 15.1 Å². The molecule has 0 atom stereocenters. The van der Waals surface area contributed by atoms with Gasteiger partial charge in [0.15, 0.2) is 0 Å². The van der Waals surface area contributed by atoms with Crippen molar-refractivity contribution in [1.29, 1.82) is 5.26 Å². The molecular formula is C14H16N4O. The fraction of sp³-hybridized carbons (Fsp3) is 0.286. The summed E-state index contributed by atoms with van der Waals surface area (Å²) in [7, 11) is 3.65. The minimum absolute atomic E-state index is 0.474. The Bertz CT molecular complexity index is 625. The average Bonchev–Trinajstić information content (AvgIpc) is 2.66. The number of benzene rings is 1. The van der Waals surface area contributed by atoms with Gasteiger partial charge in [-0.15, -0.1) is 0 Å². The molecule has 19 heavy (non-hydrogen) atoms. The number of nitrogens with one attached hydrogen (secondary N) is 1. The molecule has 0 aliphatic rings. The van der Waals surface area contributed by atoms with Crippen LogP contribution >= 0.6 is 0 Å². The number of hydrogen-bond donors (Lipinski definition) is 1. The summed E-state index contributed by atoms with van der Waals surface area (Å²) in [5.74, 6) is 1.21. The molecule has 2 rings (SSSR count). The summed E-state index contributed by atoms with van der Waals surface area (Å²) < 4.78 is 7.46. The lowest BCUT2D eigenvalue weighted by atomic mass is 10.2. The number of aryl methyl sites for hydroxylation is 2. The van der Waals surface area contributed by atoms with Crippen LogP contribution in [0.15, 0.2) is 24.3 Å². The molecule has 0 radical (unpaired) electrons. The summed E-state index contributed by atoms with van der Waals surface area (Å²) in [6.45, 7) is 2.50. The van der Waals surface area contributed by atoms with Crippen molar-refractivity contribution in [2.45, 2.75) is 13.5 Å². The highest BCUT2D eigenvalue weighted by Gasteiger charge is 2.16. The van der Waals surface area contributed by atoms with E-state index in [0.29, 0.717) is 23.7 Å². The van der Waals surface area contributed by atoms with Gasteiger partial charge in [-0.05, 0) is 20.0 Å². The topological polar surface area (TPSA) is 62.9 Å². The molecule has 1 N–H and O–H groups in total. The van der Waals surface area contributed by atoms with E-state index in [-0.39, 0.29) is 0 Å². The molecule has 1 aromatic heterocycles. The van der Waals surface area contributed by atoms with Crippen molar-refractivity contribution >= 4 is 0 Å². The van der Waals surface area contributed by atoms with Crippen molar-refractivity contribution in [3.8, 4) is 17.7 Å². The van der Waals surface area contributed by atoms with Crippen molar-refractivity contribution in [2.24, 2.45) is 7.05 Å². The van der Waals surface area contributed by atoms with Crippen molar-refractivity contribution in [3.05, 3.63) is 41.1 Å². The molecule has 0 unspecified atom stereocenters. The molecule has 5 heteroatoms. The molecule has 0 spiro atoms. The van der Waals surface area contributed by atoms with E-state index >= 15 is 0 Å². The van der Waals surface area contributed by atoms with Crippen LogP contribution in [0.1, 0.15) is 16.8 Å². The third kappa shape index (κ3) is 2.59. The third-order valence-electron chi connectivity index (χ3n) is 2.83. The smallest absolute Gasteiger partial charge is 0.235 e. The Kier molecular flexibility index (Phi) is 3.83. The van der Waals surface area contributed by atoms with Gasteiger partial charge in [0.1, 0.15) is 17.4 Å². The van der Waals surface area contributed by atoms with Crippen LogP contribution in [-0.4, -0.2) is 16.8 Å². The molecule has 1 heterocycles. The molecule has 0 fully saturated rings. The largest absolute Gasteiger partial charge is 0.438 e. The molecule has 2 aromatic rings. The summed E-state index contributed by atoms with van der Waals surface area (Å²) in [6, 6.07) is 9.87. The third-order valence-corrected chi connectivity index (χ3v) is 2.83. The van der Waals surface area contributed by atoms with Gasteiger partial charge in [0.25, 0.3) is 0 Å². The lowest BCUT2D eigenvalue weighted by Gasteiger charge is -2.10. The molecule has 0 saturated heterocycles. The maximum atomic E-state index is 9.17. The van der Waals surface area contributed by atoms with Gasteiger partial charge < -0.3 is 10.1 Å². The Labute approximate surface area is 112 Å². The Morgan fingerprint density at radius 3 is 2.84 bits per heavy atom. The number of aromatic nitrogens is 2. The highest BCUT2D eigenvalue weighted by molar-refractivity contribution is 5.45. The maximum absolute atomic E-state index is 9.17. The van der Waals surface area contributed by atoms with Gasteiger partial charge in [-0.25, -0.2) is 4.68 Å². The first-order valence-corrected chi connectivity index (χ1v) is 6.01. The molecule has 0 amide bonds. The monoisotopic (exact) mass is 256 g/mol. The van der Waals surface area contributed by atoms with Gasteiger partial charge in [-0.1, -0.05) is 18.2 Å². The first-order chi connectivity index (χ1) is 9.17. The van der Waals surface area contributed by atoms with Crippen LogP contribution < -0.4 is 10.1 Å². The van der Waals surface area contributed by atoms with Crippen LogP contribution in [0.2, 0.25) is 0 Å². The first-order valence-electron chi connectivity index (χ1n) is 6.01. The van der Waals surface area contributed by atoms with Gasteiger partial charge in [0.2, 0.25) is 5.88 Å². The molecule has 0 aliphatic carbocycles. The van der Waals surface area contributed by atoms with E-state index in [1.807, 2.05) is 31.3 Å². The quantitative estimate of drug-likeness (QED) is 0.910. The normalized spacial score (nSPS) is 10.2. The molecular weight excluding hydrogens is 240 g/mol. The summed E-state index contributed by atoms with van der Waals surface area (Å²) in [4.78, 5) is 0. The minimum Gasteiger partial charge on any atom is -0.438 e. The van der Waals surface area contributed by atoms with Gasteiger partial charge >= 0.3 is 0 Å². The number of para-hydroxylation sites is 1. The molecule has 0 bridgehead atoms. The zero-order chi connectivity index (χ0) is 13.8. The summed E-state index contributed by atoms with van der Waals surface area (Å²) in [5, 5.41) is 16.5. The van der Waals surface area contributed by atoms with Gasteiger partial charge in [0, 0.05) is 19.2 Å². The van der Waals surface area contributed by atoms with Crippen LogP contribution in [0, 0.1) is 18.3 Å². The predicted octanol–water partition coefficient (Wildman–Crippen LogP) is 2.11. The van der Waals surface area contributed by atoms with E-state index in [2.05, 4.69) is 16.5 Å². The lowest BCUT2D eigenvalue weighted by Crippen LogP contribution is -2.07. The standard InChI is InChI=1S/C14H16N4O/c1-10-12(8-15)14(18(3)17-10)19-13-7-5-4-6-11(13)9-16-2/h4-7,16H,9H2,1-3H3. The van der Waals surface area contributed by atoms with Gasteiger partial charge in [0.05, 0.1) is 5.69 Å². The van der Waals surface area contributed by atoms with Crippen LogP contribution in [-0.2, 0) is 13.6 Å². The Morgan fingerprint density at radius 1 is 1.42 bits per heavy atom.